The molecular weight excluding hydrogens is 407 g/mol. The molecule has 1 heterocycles. The molecule has 0 bridgehead atoms. The standard InChI is InChI=1S/C23H24ClFN2O3/c1-14(2)12-23(3,27-22(28)29)13-30-21-18(24)10-15(11-19(21)25)16-8-9-26-20-7-5-4-6-17(16)20/h4-11,14,27H,12-13H2,1-3H3,(H,28,29). The van der Waals surface area contributed by atoms with E-state index in [1.165, 1.54) is 6.07 Å². The van der Waals surface area contributed by atoms with Gasteiger partial charge in [-0.1, -0.05) is 43.6 Å². The highest BCUT2D eigenvalue weighted by atomic mass is 35.5. The summed E-state index contributed by atoms with van der Waals surface area (Å²) >= 11 is 6.36. The minimum absolute atomic E-state index is 0.0499. The maximum absolute atomic E-state index is 14.9. The molecule has 3 rings (SSSR count). The van der Waals surface area contributed by atoms with Crippen LogP contribution in [-0.4, -0.2) is 28.3 Å². The quantitative estimate of drug-likeness (QED) is 0.471. The first-order valence-corrected chi connectivity index (χ1v) is 10.0. The molecule has 1 aromatic heterocycles. The average molecular weight is 431 g/mol. The second-order valence-electron chi connectivity index (χ2n) is 8.02. The molecule has 0 aliphatic rings. The van der Waals surface area contributed by atoms with Gasteiger partial charge in [0.15, 0.2) is 11.6 Å². The highest BCUT2D eigenvalue weighted by Crippen LogP contribution is 2.36. The molecule has 0 aliphatic carbocycles. The van der Waals surface area contributed by atoms with Gasteiger partial charge < -0.3 is 15.2 Å². The number of benzene rings is 2. The average Bonchev–Trinajstić information content (AvgIpc) is 2.65. The Hall–Kier alpha value is -2.86. The van der Waals surface area contributed by atoms with E-state index in [1.54, 1.807) is 19.2 Å². The van der Waals surface area contributed by atoms with Gasteiger partial charge in [0, 0.05) is 11.6 Å². The third-order valence-corrected chi connectivity index (χ3v) is 5.04. The van der Waals surface area contributed by atoms with Crippen molar-refractivity contribution in [3.63, 3.8) is 0 Å². The lowest BCUT2D eigenvalue weighted by atomic mass is 9.91. The molecule has 158 valence electrons. The van der Waals surface area contributed by atoms with Crippen molar-refractivity contribution in [3.8, 4) is 16.9 Å². The first-order chi connectivity index (χ1) is 14.2. The van der Waals surface area contributed by atoms with Gasteiger partial charge in [-0.15, -0.1) is 0 Å². The first kappa shape index (κ1) is 21.8. The van der Waals surface area contributed by atoms with Crippen LogP contribution in [0.3, 0.4) is 0 Å². The van der Waals surface area contributed by atoms with E-state index in [2.05, 4.69) is 10.3 Å². The summed E-state index contributed by atoms with van der Waals surface area (Å²) in [6, 6.07) is 12.4. The van der Waals surface area contributed by atoms with Gasteiger partial charge in [-0.05, 0) is 54.7 Å². The van der Waals surface area contributed by atoms with Crippen LogP contribution < -0.4 is 10.1 Å². The zero-order chi connectivity index (χ0) is 21.9. The molecule has 2 N–H and O–H groups in total. The number of fused-ring (bicyclic) bond motifs is 1. The van der Waals surface area contributed by atoms with Crippen LogP contribution in [0.1, 0.15) is 27.2 Å². The number of hydrogen-bond acceptors (Lipinski definition) is 3. The molecule has 0 saturated heterocycles. The topological polar surface area (TPSA) is 71.5 Å². The van der Waals surface area contributed by atoms with Crippen LogP contribution in [-0.2, 0) is 0 Å². The molecule has 1 atom stereocenters. The van der Waals surface area contributed by atoms with Gasteiger partial charge in [0.25, 0.3) is 0 Å². The Morgan fingerprint density at radius 2 is 2.03 bits per heavy atom. The molecule has 0 radical (unpaired) electrons. The van der Waals surface area contributed by atoms with Crippen LogP contribution in [0.5, 0.6) is 5.75 Å². The van der Waals surface area contributed by atoms with Crippen LogP contribution in [0.15, 0.2) is 48.7 Å². The third-order valence-electron chi connectivity index (χ3n) is 4.76. The number of ether oxygens (including phenoxy) is 1. The lowest BCUT2D eigenvalue weighted by molar-refractivity contribution is 0.141. The maximum Gasteiger partial charge on any atom is 0.405 e. The number of halogens is 2. The number of nitrogens with zero attached hydrogens (tertiary/aromatic N) is 1. The molecule has 7 heteroatoms. The summed E-state index contributed by atoms with van der Waals surface area (Å²) in [6.07, 6.45) is 1.04. The zero-order valence-electron chi connectivity index (χ0n) is 17.1. The minimum atomic E-state index is -1.16. The summed E-state index contributed by atoms with van der Waals surface area (Å²) in [5.41, 5.74) is 1.34. The molecule has 5 nitrogen and oxygen atoms in total. The highest BCUT2D eigenvalue weighted by molar-refractivity contribution is 6.32. The predicted octanol–water partition coefficient (Wildman–Crippen LogP) is 6.15. The molecule has 0 fully saturated rings. The van der Waals surface area contributed by atoms with Gasteiger partial charge in [-0.2, -0.15) is 0 Å². The second-order valence-corrected chi connectivity index (χ2v) is 8.43. The third kappa shape index (κ3) is 5.00. The van der Waals surface area contributed by atoms with E-state index in [9.17, 15) is 9.18 Å². The van der Waals surface area contributed by atoms with Crippen molar-refractivity contribution < 1.29 is 19.0 Å². The van der Waals surface area contributed by atoms with E-state index in [-0.39, 0.29) is 23.3 Å². The van der Waals surface area contributed by atoms with Crippen molar-refractivity contribution in [2.45, 2.75) is 32.7 Å². The Kier molecular flexibility index (Phi) is 6.46. The number of rotatable bonds is 7. The minimum Gasteiger partial charge on any atom is -0.487 e. The van der Waals surface area contributed by atoms with Crippen LogP contribution >= 0.6 is 11.6 Å². The van der Waals surface area contributed by atoms with Crippen molar-refractivity contribution in [1.82, 2.24) is 10.3 Å². The molecule has 1 unspecified atom stereocenters. The summed E-state index contributed by atoms with van der Waals surface area (Å²) < 4.78 is 20.6. The summed E-state index contributed by atoms with van der Waals surface area (Å²) in [4.78, 5) is 15.5. The Balaban J connectivity index is 1.90. The molecule has 2 aromatic carbocycles. The van der Waals surface area contributed by atoms with Crippen molar-refractivity contribution >= 4 is 28.6 Å². The number of nitrogens with one attached hydrogen (secondary N) is 1. The summed E-state index contributed by atoms with van der Waals surface area (Å²) in [7, 11) is 0. The van der Waals surface area contributed by atoms with Gasteiger partial charge in [0.05, 0.1) is 16.1 Å². The number of para-hydroxylation sites is 1. The number of hydrogen-bond donors (Lipinski definition) is 2. The molecule has 30 heavy (non-hydrogen) atoms. The predicted molar refractivity (Wildman–Crippen MR) is 117 cm³/mol. The highest BCUT2D eigenvalue weighted by Gasteiger charge is 2.29. The lowest BCUT2D eigenvalue weighted by Gasteiger charge is -2.31. The Labute approximate surface area is 179 Å². The smallest absolute Gasteiger partial charge is 0.405 e. The summed E-state index contributed by atoms with van der Waals surface area (Å²) in [6.45, 7) is 5.63. The zero-order valence-corrected chi connectivity index (χ0v) is 17.8. The fraction of sp³-hybridized carbons (Fsp3) is 0.304. The first-order valence-electron chi connectivity index (χ1n) is 9.65. The maximum atomic E-state index is 14.9. The van der Waals surface area contributed by atoms with Crippen molar-refractivity contribution in [3.05, 3.63) is 59.5 Å². The normalized spacial score (nSPS) is 13.3. The van der Waals surface area contributed by atoms with E-state index in [0.29, 0.717) is 12.0 Å². The van der Waals surface area contributed by atoms with Crippen LogP contribution in [0, 0.1) is 11.7 Å². The van der Waals surface area contributed by atoms with E-state index in [1.807, 2.05) is 44.2 Å². The Morgan fingerprint density at radius 1 is 1.30 bits per heavy atom. The van der Waals surface area contributed by atoms with E-state index in [0.717, 1.165) is 16.5 Å². The lowest BCUT2D eigenvalue weighted by Crippen LogP contribution is -2.50. The van der Waals surface area contributed by atoms with Crippen LogP contribution in [0.2, 0.25) is 5.02 Å². The number of amides is 1. The Bertz CT molecular complexity index is 1040. The second kappa shape index (κ2) is 8.88. The number of pyridine rings is 1. The fourth-order valence-electron chi connectivity index (χ4n) is 3.74. The molecule has 0 aliphatic heterocycles. The van der Waals surface area contributed by atoms with Crippen molar-refractivity contribution in [2.75, 3.05) is 6.61 Å². The van der Waals surface area contributed by atoms with Crippen LogP contribution in [0.4, 0.5) is 9.18 Å². The molecule has 0 spiro atoms. The number of aromatic nitrogens is 1. The van der Waals surface area contributed by atoms with Gasteiger partial charge in [-0.25, -0.2) is 9.18 Å². The van der Waals surface area contributed by atoms with Gasteiger partial charge in [0.2, 0.25) is 0 Å². The summed E-state index contributed by atoms with van der Waals surface area (Å²) in [5.74, 6) is -0.491. The fourth-order valence-corrected chi connectivity index (χ4v) is 4.00. The number of carboxylic acid groups (broad SMARTS) is 1. The molecular formula is C23H24ClFN2O3. The van der Waals surface area contributed by atoms with E-state index < -0.39 is 17.4 Å². The molecule has 3 aromatic rings. The summed E-state index contributed by atoms with van der Waals surface area (Å²) in [5, 5.41) is 12.6. The SMILES string of the molecule is CC(C)CC(C)(COc1c(F)cc(-c2ccnc3ccccc23)cc1Cl)NC(=O)O. The van der Waals surface area contributed by atoms with Gasteiger partial charge >= 0.3 is 6.09 Å². The Morgan fingerprint density at radius 3 is 2.70 bits per heavy atom. The van der Waals surface area contributed by atoms with E-state index in [4.69, 9.17) is 21.4 Å². The van der Waals surface area contributed by atoms with Gasteiger partial charge in [-0.3, -0.25) is 4.98 Å². The number of carbonyl (C=O) groups is 1. The largest absolute Gasteiger partial charge is 0.487 e. The van der Waals surface area contributed by atoms with Crippen molar-refractivity contribution in [2.24, 2.45) is 5.92 Å². The monoisotopic (exact) mass is 430 g/mol. The van der Waals surface area contributed by atoms with Gasteiger partial charge in [0.1, 0.15) is 6.61 Å². The molecule has 1 amide bonds. The van der Waals surface area contributed by atoms with E-state index >= 15 is 0 Å². The van der Waals surface area contributed by atoms with Crippen LogP contribution in [0.25, 0.3) is 22.0 Å². The molecule has 0 saturated carbocycles. The van der Waals surface area contributed by atoms with Crippen molar-refractivity contribution in [1.29, 1.82) is 0 Å².